The minimum atomic E-state index is -0.0194. The Morgan fingerprint density at radius 2 is 2.16 bits per heavy atom. The van der Waals surface area contributed by atoms with Gasteiger partial charge in [-0.15, -0.1) is 11.3 Å². The van der Waals surface area contributed by atoms with E-state index in [9.17, 15) is 4.79 Å². The molecule has 0 aliphatic carbocycles. The highest BCUT2D eigenvalue weighted by atomic mass is 32.1. The summed E-state index contributed by atoms with van der Waals surface area (Å²) in [4.78, 5) is 17.3. The Morgan fingerprint density at radius 1 is 1.37 bits per heavy atom. The van der Waals surface area contributed by atoms with Crippen LogP contribution in [0.25, 0.3) is 0 Å². The molecule has 19 heavy (non-hydrogen) atoms. The van der Waals surface area contributed by atoms with Crippen LogP contribution in [0.2, 0.25) is 0 Å². The summed E-state index contributed by atoms with van der Waals surface area (Å²) in [6, 6.07) is 7.68. The van der Waals surface area contributed by atoms with E-state index in [1.165, 1.54) is 0 Å². The van der Waals surface area contributed by atoms with Crippen molar-refractivity contribution in [1.29, 1.82) is 0 Å². The van der Waals surface area contributed by atoms with E-state index in [1.54, 1.807) is 17.5 Å². The third kappa shape index (κ3) is 3.89. The fourth-order valence-electron chi connectivity index (χ4n) is 1.70. The second-order valence-corrected chi connectivity index (χ2v) is 6.52. The van der Waals surface area contributed by atoms with Gasteiger partial charge in [0.1, 0.15) is 0 Å². The predicted molar refractivity (Wildman–Crippen MR) is 79.6 cm³/mol. The van der Waals surface area contributed by atoms with Gasteiger partial charge in [-0.3, -0.25) is 9.78 Å². The number of nitrogens with zero attached hydrogens (tertiary/aromatic N) is 1. The maximum atomic E-state index is 11.9. The van der Waals surface area contributed by atoms with Crippen molar-refractivity contribution in [3.63, 3.8) is 0 Å². The summed E-state index contributed by atoms with van der Waals surface area (Å²) < 4.78 is 0. The van der Waals surface area contributed by atoms with Crippen LogP contribution in [-0.2, 0) is 16.6 Å². The van der Waals surface area contributed by atoms with Crippen molar-refractivity contribution in [3.8, 4) is 0 Å². The molecule has 0 fully saturated rings. The lowest BCUT2D eigenvalue weighted by Crippen LogP contribution is -2.17. The largest absolute Gasteiger partial charge is 0.326 e. The Bertz CT molecular complexity index is 556. The van der Waals surface area contributed by atoms with Crippen molar-refractivity contribution in [2.75, 3.05) is 5.32 Å². The van der Waals surface area contributed by atoms with Crippen molar-refractivity contribution in [2.24, 2.45) is 0 Å². The van der Waals surface area contributed by atoms with Crippen LogP contribution in [0.3, 0.4) is 0 Å². The van der Waals surface area contributed by atoms with Gasteiger partial charge in [-0.25, -0.2) is 0 Å². The lowest BCUT2D eigenvalue weighted by atomic mass is 9.91. The lowest BCUT2D eigenvalue weighted by molar-refractivity contribution is -0.115. The number of carbonyl (C=O) groups excluding carboxylic acids is 1. The highest BCUT2D eigenvalue weighted by molar-refractivity contribution is 7.10. The number of aromatic nitrogens is 1. The summed E-state index contributed by atoms with van der Waals surface area (Å²) in [7, 11) is 0. The van der Waals surface area contributed by atoms with Gasteiger partial charge >= 0.3 is 0 Å². The van der Waals surface area contributed by atoms with E-state index >= 15 is 0 Å². The normalized spacial score (nSPS) is 11.3. The quantitative estimate of drug-likeness (QED) is 0.928. The summed E-state index contributed by atoms with van der Waals surface area (Å²) >= 11 is 1.60. The minimum absolute atomic E-state index is 0.00788. The Hall–Kier alpha value is -1.68. The third-order valence-electron chi connectivity index (χ3n) is 2.73. The van der Waals surface area contributed by atoms with Gasteiger partial charge in [0.2, 0.25) is 5.91 Å². The van der Waals surface area contributed by atoms with Crippen molar-refractivity contribution >= 4 is 22.9 Å². The number of hydrogen-bond acceptors (Lipinski definition) is 3. The highest BCUT2D eigenvalue weighted by Crippen LogP contribution is 2.22. The van der Waals surface area contributed by atoms with E-state index < -0.39 is 0 Å². The van der Waals surface area contributed by atoms with Crippen LogP contribution in [0.1, 0.15) is 31.3 Å². The van der Waals surface area contributed by atoms with Gasteiger partial charge in [-0.2, -0.15) is 0 Å². The van der Waals surface area contributed by atoms with Gasteiger partial charge in [-0.05, 0) is 23.6 Å². The highest BCUT2D eigenvalue weighted by Gasteiger charge is 2.16. The molecule has 0 aromatic carbocycles. The van der Waals surface area contributed by atoms with Crippen molar-refractivity contribution < 1.29 is 4.79 Å². The molecule has 0 aliphatic heterocycles. The van der Waals surface area contributed by atoms with Crippen LogP contribution >= 0.6 is 11.3 Å². The molecule has 0 unspecified atom stereocenters. The summed E-state index contributed by atoms with van der Waals surface area (Å²) in [5.74, 6) is 0.00788. The van der Waals surface area contributed by atoms with E-state index in [-0.39, 0.29) is 11.3 Å². The van der Waals surface area contributed by atoms with Crippen molar-refractivity contribution in [3.05, 3.63) is 46.4 Å². The molecule has 0 saturated heterocycles. The van der Waals surface area contributed by atoms with E-state index in [2.05, 4.69) is 31.1 Å². The van der Waals surface area contributed by atoms with Gasteiger partial charge in [0.05, 0.1) is 6.42 Å². The molecule has 0 aliphatic rings. The van der Waals surface area contributed by atoms with E-state index in [1.807, 2.05) is 29.6 Å². The van der Waals surface area contributed by atoms with Gasteiger partial charge < -0.3 is 5.32 Å². The molecule has 4 heteroatoms. The average molecular weight is 274 g/mol. The first-order chi connectivity index (χ1) is 8.95. The van der Waals surface area contributed by atoms with Crippen LogP contribution < -0.4 is 5.32 Å². The molecular weight excluding hydrogens is 256 g/mol. The first-order valence-corrected chi connectivity index (χ1v) is 7.12. The van der Waals surface area contributed by atoms with Gasteiger partial charge in [-0.1, -0.05) is 26.8 Å². The number of carbonyl (C=O) groups is 1. The van der Waals surface area contributed by atoms with Crippen molar-refractivity contribution in [2.45, 2.75) is 32.6 Å². The number of thiophene rings is 1. The molecule has 3 nitrogen and oxygen atoms in total. The number of nitrogens with one attached hydrogen (secondary N) is 1. The Morgan fingerprint density at radius 3 is 2.79 bits per heavy atom. The zero-order valence-corrected chi connectivity index (χ0v) is 12.3. The number of pyridine rings is 1. The molecule has 0 bridgehead atoms. The summed E-state index contributed by atoms with van der Waals surface area (Å²) in [5.41, 5.74) is 1.76. The second kappa shape index (κ2) is 5.53. The Balaban J connectivity index is 2.05. The SMILES string of the molecule is CC(C)(C)c1cc(NC(=O)Cc2cccs2)ccn1. The van der Waals surface area contributed by atoms with Crippen LogP contribution in [0.15, 0.2) is 35.8 Å². The topological polar surface area (TPSA) is 42.0 Å². The van der Waals surface area contributed by atoms with Gasteiger partial charge in [0.25, 0.3) is 0 Å². The molecule has 2 aromatic heterocycles. The van der Waals surface area contributed by atoms with Crippen LogP contribution in [0, 0.1) is 0 Å². The summed E-state index contributed by atoms with van der Waals surface area (Å²) in [5, 5.41) is 4.90. The lowest BCUT2D eigenvalue weighted by Gasteiger charge is -2.18. The van der Waals surface area contributed by atoms with Crippen LogP contribution in [-0.4, -0.2) is 10.9 Å². The number of hydrogen-bond donors (Lipinski definition) is 1. The first kappa shape index (κ1) is 13.7. The zero-order chi connectivity index (χ0) is 13.9. The molecule has 0 spiro atoms. The summed E-state index contributed by atoms with van der Waals surface area (Å²) in [6.45, 7) is 6.31. The number of rotatable bonds is 3. The van der Waals surface area contributed by atoms with Gasteiger partial charge in [0.15, 0.2) is 0 Å². The molecule has 1 N–H and O–H groups in total. The van der Waals surface area contributed by atoms with E-state index in [0.717, 1.165) is 16.3 Å². The van der Waals surface area contributed by atoms with E-state index in [0.29, 0.717) is 6.42 Å². The molecule has 0 atom stereocenters. The molecule has 2 heterocycles. The minimum Gasteiger partial charge on any atom is -0.326 e. The molecule has 2 aromatic rings. The molecule has 0 radical (unpaired) electrons. The standard InChI is InChI=1S/C15H18N2OS/c1-15(2,3)13-9-11(6-7-16-13)17-14(18)10-12-5-4-8-19-12/h4-9H,10H2,1-3H3,(H,16,17,18). The molecular formula is C15H18N2OS. The maximum absolute atomic E-state index is 11.9. The van der Waals surface area contributed by atoms with E-state index in [4.69, 9.17) is 0 Å². The number of amides is 1. The molecule has 2 rings (SSSR count). The van der Waals surface area contributed by atoms with Gasteiger partial charge in [0, 0.05) is 27.9 Å². The Kier molecular flexibility index (Phi) is 4.00. The fourth-order valence-corrected chi connectivity index (χ4v) is 2.40. The molecule has 0 saturated carbocycles. The number of anilines is 1. The zero-order valence-electron chi connectivity index (χ0n) is 11.4. The van der Waals surface area contributed by atoms with Crippen LogP contribution in [0.5, 0.6) is 0 Å². The maximum Gasteiger partial charge on any atom is 0.229 e. The Labute approximate surface area is 117 Å². The van der Waals surface area contributed by atoms with Crippen molar-refractivity contribution in [1.82, 2.24) is 4.98 Å². The fraction of sp³-hybridized carbons (Fsp3) is 0.333. The predicted octanol–water partition coefficient (Wildman–Crippen LogP) is 3.62. The monoisotopic (exact) mass is 274 g/mol. The van der Waals surface area contributed by atoms with Crippen LogP contribution in [0.4, 0.5) is 5.69 Å². The third-order valence-corrected chi connectivity index (χ3v) is 3.60. The summed E-state index contributed by atoms with van der Waals surface area (Å²) in [6.07, 6.45) is 2.16. The smallest absolute Gasteiger partial charge is 0.229 e. The first-order valence-electron chi connectivity index (χ1n) is 6.24. The molecule has 1 amide bonds. The second-order valence-electron chi connectivity index (χ2n) is 5.48. The average Bonchev–Trinajstić information content (AvgIpc) is 2.80. The molecule has 100 valence electrons.